The van der Waals surface area contributed by atoms with E-state index in [1.165, 1.54) is 0 Å². The first kappa shape index (κ1) is 7.26. The van der Waals surface area contributed by atoms with Crippen molar-refractivity contribution >= 4 is 11.6 Å². The van der Waals surface area contributed by atoms with Crippen molar-refractivity contribution in [3.05, 3.63) is 0 Å². The van der Waals surface area contributed by atoms with Crippen LogP contribution in [0.25, 0.3) is 0 Å². The summed E-state index contributed by atoms with van der Waals surface area (Å²) in [6.07, 6.45) is 1.91. The highest BCUT2D eigenvalue weighted by molar-refractivity contribution is 6.21. The Morgan fingerprint density at radius 1 is 1.33 bits per heavy atom. The second-order valence-corrected chi connectivity index (χ2v) is 3.00. The largest absolute Gasteiger partial charge is 0.264 e. The van der Waals surface area contributed by atoms with Gasteiger partial charge < -0.3 is 0 Å². The van der Waals surface area contributed by atoms with Crippen molar-refractivity contribution < 1.29 is 8.78 Å². The molecule has 1 rings (SSSR count). The van der Waals surface area contributed by atoms with Gasteiger partial charge in [-0.3, -0.25) is 0 Å². The first-order valence-electron chi connectivity index (χ1n) is 3.15. The summed E-state index contributed by atoms with van der Waals surface area (Å²) >= 11 is 5.36. The molecule has 0 nitrogen and oxygen atoms in total. The molecule has 1 aliphatic carbocycles. The molecule has 1 atom stereocenters. The number of halogens is 3. The van der Waals surface area contributed by atoms with Gasteiger partial charge in [-0.2, -0.15) is 0 Å². The van der Waals surface area contributed by atoms with Gasteiger partial charge in [-0.15, -0.1) is 11.6 Å². The Kier molecular flexibility index (Phi) is 1.94. The van der Waals surface area contributed by atoms with Crippen LogP contribution in [0.5, 0.6) is 0 Å². The molecular weight excluding hydrogens is 146 g/mol. The van der Waals surface area contributed by atoms with E-state index >= 15 is 0 Å². The van der Waals surface area contributed by atoms with E-state index < -0.39 is 11.3 Å². The van der Waals surface area contributed by atoms with Crippen LogP contribution in [0, 0.1) is 0 Å². The second-order valence-electron chi connectivity index (χ2n) is 2.47. The first-order valence-corrected chi connectivity index (χ1v) is 3.58. The summed E-state index contributed by atoms with van der Waals surface area (Å²) in [7, 11) is 0. The van der Waals surface area contributed by atoms with Gasteiger partial charge in [-0.1, -0.05) is 6.42 Å². The predicted molar refractivity (Wildman–Crippen MR) is 33.1 cm³/mol. The van der Waals surface area contributed by atoms with Crippen molar-refractivity contribution in [3.63, 3.8) is 0 Å². The number of hydrogen-bond donors (Lipinski definition) is 0. The summed E-state index contributed by atoms with van der Waals surface area (Å²) in [6.45, 7) is 0. The van der Waals surface area contributed by atoms with Crippen LogP contribution in [0.1, 0.15) is 25.7 Å². The average Bonchev–Trinajstić information content (AvgIpc) is 1.77. The van der Waals surface area contributed by atoms with Gasteiger partial charge in [0.25, 0.3) is 5.92 Å². The maximum atomic E-state index is 12.5. The van der Waals surface area contributed by atoms with Crippen LogP contribution in [0.4, 0.5) is 8.78 Å². The predicted octanol–water partition coefficient (Wildman–Crippen LogP) is 2.80. The fourth-order valence-electron chi connectivity index (χ4n) is 1.05. The highest BCUT2D eigenvalue weighted by Gasteiger charge is 2.39. The molecule has 0 bridgehead atoms. The highest BCUT2D eigenvalue weighted by Crippen LogP contribution is 2.36. The molecule has 0 aromatic heterocycles. The van der Waals surface area contributed by atoms with Crippen molar-refractivity contribution in [2.75, 3.05) is 0 Å². The van der Waals surface area contributed by atoms with Crippen LogP contribution >= 0.6 is 11.6 Å². The second kappa shape index (κ2) is 2.41. The monoisotopic (exact) mass is 154 g/mol. The van der Waals surface area contributed by atoms with E-state index in [1.807, 2.05) is 0 Å². The molecule has 0 amide bonds. The SMILES string of the molecule is FC1(F)CCCC[C@@H]1Cl. The molecule has 1 aliphatic rings. The molecule has 0 aromatic carbocycles. The molecular formula is C6H9ClF2. The minimum absolute atomic E-state index is 0.0266. The fraction of sp³-hybridized carbons (Fsp3) is 1.00. The van der Waals surface area contributed by atoms with Gasteiger partial charge in [0.1, 0.15) is 0 Å². The smallest absolute Gasteiger partial charge is 0.205 e. The summed E-state index contributed by atoms with van der Waals surface area (Å²) in [6, 6.07) is 0. The maximum absolute atomic E-state index is 12.5. The zero-order chi connectivity index (χ0) is 6.91. The molecule has 0 unspecified atom stereocenters. The van der Waals surface area contributed by atoms with Gasteiger partial charge in [0.15, 0.2) is 0 Å². The van der Waals surface area contributed by atoms with Crippen LogP contribution in [0.2, 0.25) is 0 Å². The van der Waals surface area contributed by atoms with E-state index in [0.29, 0.717) is 12.8 Å². The quantitative estimate of drug-likeness (QED) is 0.471. The number of alkyl halides is 3. The van der Waals surface area contributed by atoms with Crippen LogP contribution in [-0.2, 0) is 0 Å². The lowest BCUT2D eigenvalue weighted by Gasteiger charge is -2.26. The van der Waals surface area contributed by atoms with Crippen molar-refractivity contribution in [2.45, 2.75) is 37.0 Å². The van der Waals surface area contributed by atoms with Gasteiger partial charge in [0.05, 0.1) is 5.38 Å². The van der Waals surface area contributed by atoms with Crippen LogP contribution in [0.15, 0.2) is 0 Å². The zero-order valence-corrected chi connectivity index (χ0v) is 5.80. The lowest BCUT2D eigenvalue weighted by molar-refractivity contribution is -0.0293. The van der Waals surface area contributed by atoms with E-state index in [0.717, 1.165) is 6.42 Å². The Labute approximate surface area is 58.2 Å². The molecule has 54 valence electrons. The average molecular weight is 155 g/mol. The third-order valence-electron chi connectivity index (χ3n) is 1.68. The summed E-state index contributed by atoms with van der Waals surface area (Å²) in [5, 5.41) is -0.911. The van der Waals surface area contributed by atoms with Crippen LogP contribution in [-0.4, -0.2) is 11.3 Å². The van der Waals surface area contributed by atoms with Crippen molar-refractivity contribution in [2.24, 2.45) is 0 Å². The zero-order valence-electron chi connectivity index (χ0n) is 5.04. The van der Waals surface area contributed by atoms with Gasteiger partial charge in [0, 0.05) is 6.42 Å². The van der Waals surface area contributed by atoms with E-state index in [2.05, 4.69) is 0 Å². The summed E-state index contributed by atoms with van der Waals surface area (Å²) in [5.41, 5.74) is 0. The third-order valence-corrected chi connectivity index (χ3v) is 2.21. The maximum Gasteiger partial charge on any atom is 0.264 e. The minimum atomic E-state index is -2.60. The van der Waals surface area contributed by atoms with Crippen molar-refractivity contribution in [3.8, 4) is 0 Å². The minimum Gasteiger partial charge on any atom is -0.205 e. The summed E-state index contributed by atoms with van der Waals surface area (Å²) in [5.74, 6) is -2.60. The standard InChI is InChI=1S/C6H9ClF2/c7-5-3-1-2-4-6(5,8)9/h5H,1-4H2/t5-/m0/s1. The fourth-order valence-corrected chi connectivity index (χ4v) is 1.32. The number of hydrogen-bond acceptors (Lipinski definition) is 0. The van der Waals surface area contributed by atoms with Gasteiger partial charge >= 0.3 is 0 Å². The Morgan fingerprint density at radius 3 is 2.33 bits per heavy atom. The molecule has 0 aromatic rings. The van der Waals surface area contributed by atoms with Crippen molar-refractivity contribution in [1.82, 2.24) is 0 Å². The van der Waals surface area contributed by atoms with Gasteiger partial charge in [0.2, 0.25) is 0 Å². The van der Waals surface area contributed by atoms with Crippen molar-refractivity contribution in [1.29, 1.82) is 0 Å². The molecule has 0 aliphatic heterocycles. The number of rotatable bonds is 0. The normalized spacial score (nSPS) is 34.3. The van der Waals surface area contributed by atoms with E-state index in [4.69, 9.17) is 11.6 Å². The first-order chi connectivity index (χ1) is 4.13. The molecule has 0 N–H and O–H groups in total. The topological polar surface area (TPSA) is 0 Å². The molecule has 1 saturated carbocycles. The Balaban J connectivity index is 2.49. The molecule has 0 radical (unpaired) electrons. The molecule has 1 fully saturated rings. The molecule has 0 spiro atoms. The Hall–Kier alpha value is 0.150. The highest BCUT2D eigenvalue weighted by atomic mass is 35.5. The van der Waals surface area contributed by atoms with E-state index in [1.54, 1.807) is 0 Å². The third kappa shape index (κ3) is 1.54. The molecule has 9 heavy (non-hydrogen) atoms. The van der Waals surface area contributed by atoms with Crippen LogP contribution < -0.4 is 0 Å². The van der Waals surface area contributed by atoms with Crippen LogP contribution in [0.3, 0.4) is 0 Å². The molecule has 3 heteroatoms. The molecule has 0 saturated heterocycles. The lowest BCUT2D eigenvalue weighted by atomic mass is 9.96. The Morgan fingerprint density at radius 2 is 2.00 bits per heavy atom. The van der Waals surface area contributed by atoms with E-state index in [-0.39, 0.29) is 6.42 Å². The Bertz CT molecular complexity index is 103. The lowest BCUT2D eigenvalue weighted by Crippen LogP contribution is -2.32. The molecule has 0 heterocycles. The summed E-state index contributed by atoms with van der Waals surface area (Å²) < 4.78 is 24.9. The summed E-state index contributed by atoms with van der Waals surface area (Å²) in [4.78, 5) is 0. The van der Waals surface area contributed by atoms with Gasteiger partial charge in [-0.05, 0) is 12.8 Å². The van der Waals surface area contributed by atoms with E-state index in [9.17, 15) is 8.78 Å². The van der Waals surface area contributed by atoms with Gasteiger partial charge in [-0.25, -0.2) is 8.78 Å².